The molecule has 30 heavy (non-hydrogen) atoms. The minimum absolute atomic E-state index is 0. The summed E-state index contributed by atoms with van der Waals surface area (Å²) >= 11 is 0. The molecule has 2 saturated carbocycles. The molecule has 0 unspecified atom stereocenters. The molecule has 2 aliphatic rings. The zero-order valence-corrected chi connectivity index (χ0v) is 20.7. The van der Waals surface area contributed by atoms with Crippen molar-refractivity contribution < 1.29 is 9.53 Å². The number of ether oxygens (including phenoxy) is 1. The molecule has 0 atom stereocenters. The Balaban J connectivity index is 0.00000320. The van der Waals surface area contributed by atoms with E-state index >= 15 is 0 Å². The maximum Gasteiger partial charge on any atom is 0.220 e. The van der Waals surface area contributed by atoms with Crippen LogP contribution in [0.3, 0.4) is 0 Å². The predicted molar refractivity (Wildman–Crippen MR) is 133 cm³/mol. The minimum Gasteiger partial charge on any atom is -0.490 e. The first kappa shape index (κ1) is 24.8. The van der Waals surface area contributed by atoms with Crippen LogP contribution in [0.2, 0.25) is 0 Å². The highest BCUT2D eigenvalue weighted by Gasteiger charge is 2.22. The Morgan fingerprint density at radius 2 is 1.93 bits per heavy atom. The van der Waals surface area contributed by atoms with E-state index in [0.717, 1.165) is 62.5 Å². The summed E-state index contributed by atoms with van der Waals surface area (Å²) in [6.45, 7) is 6.25. The third-order valence-electron chi connectivity index (χ3n) is 5.39. The van der Waals surface area contributed by atoms with Crippen LogP contribution in [0.1, 0.15) is 69.4 Å². The zero-order valence-electron chi connectivity index (χ0n) is 18.3. The van der Waals surface area contributed by atoms with Crippen LogP contribution < -0.4 is 20.7 Å². The molecule has 0 aliphatic heterocycles. The lowest BCUT2D eigenvalue weighted by atomic mass is 10.1. The van der Waals surface area contributed by atoms with E-state index in [-0.39, 0.29) is 29.9 Å². The maximum atomic E-state index is 11.8. The van der Waals surface area contributed by atoms with Gasteiger partial charge < -0.3 is 20.7 Å². The van der Waals surface area contributed by atoms with Gasteiger partial charge in [0.2, 0.25) is 5.91 Å². The lowest BCUT2D eigenvalue weighted by molar-refractivity contribution is -0.121. The Morgan fingerprint density at radius 1 is 1.17 bits per heavy atom. The number of carbonyl (C=O) groups is 1. The number of aliphatic imine (C=N–C) groups is 1. The average Bonchev–Trinajstić information content (AvgIpc) is 3.36. The lowest BCUT2D eigenvalue weighted by Gasteiger charge is -2.17. The molecule has 0 saturated heterocycles. The third kappa shape index (κ3) is 8.70. The second kappa shape index (κ2) is 13.0. The number of nitrogens with one attached hydrogen (secondary N) is 3. The fourth-order valence-corrected chi connectivity index (χ4v) is 3.58. The van der Waals surface area contributed by atoms with Gasteiger partial charge in [-0.25, -0.2) is 4.99 Å². The topological polar surface area (TPSA) is 74.8 Å². The number of aryl methyl sites for hydroxylation is 1. The van der Waals surface area contributed by atoms with Gasteiger partial charge in [0.05, 0.1) is 12.6 Å². The largest absolute Gasteiger partial charge is 0.490 e. The Kier molecular flexibility index (Phi) is 10.7. The van der Waals surface area contributed by atoms with E-state index in [9.17, 15) is 4.79 Å². The monoisotopic (exact) mass is 528 g/mol. The molecule has 0 spiro atoms. The first-order valence-electron chi connectivity index (χ1n) is 11.2. The smallest absolute Gasteiger partial charge is 0.220 e. The van der Waals surface area contributed by atoms with Crippen LogP contribution in [-0.4, -0.2) is 37.1 Å². The van der Waals surface area contributed by atoms with Crippen molar-refractivity contribution >= 4 is 35.8 Å². The van der Waals surface area contributed by atoms with Crippen molar-refractivity contribution in [1.29, 1.82) is 0 Å². The summed E-state index contributed by atoms with van der Waals surface area (Å²) in [6.07, 6.45) is 8.77. The Morgan fingerprint density at radius 3 is 2.63 bits per heavy atom. The summed E-state index contributed by atoms with van der Waals surface area (Å²) in [5.41, 5.74) is 2.32. The lowest BCUT2D eigenvalue weighted by Crippen LogP contribution is -2.38. The molecular weight excluding hydrogens is 491 g/mol. The molecule has 0 heterocycles. The molecule has 2 fully saturated rings. The number of hydrogen-bond acceptors (Lipinski definition) is 3. The van der Waals surface area contributed by atoms with Crippen LogP contribution in [0.4, 0.5) is 0 Å². The van der Waals surface area contributed by atoms with E-state index in [0.29, 0.717) is 25.1 Å². The quantitative estimate of drug-likeness (QED) is 0.186. The van der Waals surface area contributed by atoms with Gasteiger partial charge in [0, 0.05) is 31.1 Å². The maximum absolute atomic E-state index is 11.8. The summed E-state index contributed by atoms with van der Waals surface area (Å²) in [4.78, 5) is 16.5. The molecule has 0 aromatic heterocycles. The summed E-state index contributed by atoms with van der Waals surface area (Å²) in [5, 5.41) is 9.65. The van der Waals surface area contributed by atoms with Crippen LogP contribution in [0.25, 0.3) is 0 Å². The van der Waals surface area contributed by atoms with Crippen molar-refractivity contribution in [2.75, 3.05) is 13.1 Å². The van der Waals surface area contributed by atoms with E-state index in [1.165, 1.54) is 18.4 Å². The summed E-state index contributed by atoms with van der Waals surface area (Å²) < 4.78 is 6.29. The van der Waals surface area contributed by atoms with Gasteiger partial charge in [-0.05, 0) is 70.4 Å². The summed E-state index contributed by atoms with van der Waals surface area (Å²) in [7, 11) is 0. The van der Waals surface area contributed by atoms with Gasteiger partial charge in [-0.3, -0.25) is 4.79 Å². The van der Waals surface area contributed by atoms with E-state index in [4.69, 9.17) is 9.73 Å². The van der Waals surface area contributed by atoms with Crippen LogP contribution in [0.5, 0.6) is 5.75 Å². The Hall–Kier alpha value is -1.51. The van der Waals surface area contributed by atoms with Gasteiger partial charge in [0.1, 0.15) is 5.75 Å². The number of rotatable bonds is 10. The van der Waals surface area contributed by atoms with Crippen molar-refractivity contribution in [3.05, 3.63) is 29.3 Å². The fraction of sp³-hybridized carbons (Fsp3) is 0.652. The molecule has 1 amide bonds. The van der Waals surface area contributed by atoms with Gasteiger partial charge in [0.25, 0.3) is 0 Å². The fourth-order valence-electron chi connectivity index (χ4n) is 3.58. The normalized spacial score (nSPS) is 16.7. The predicted octanol–water partition coefficient (Wildman–Crippen LogP) is 4.05. The minimum atomic E-state index is 0. The third-order valence-corrected chi connectivity index (χ3v) is 5.39. The summed E-state index contributed by atoms with van der Waals surface area (Å²) in [5.74, 6) is 1.90. The van der Waals surface area contributed by atoms with Crippen molar-refractivity contribution in [3.8, 4) is 5.75 Å². The molecule has 1 aromatic rings. The molecule has 6 nitrogen and oxygen atoms in total. The first-order valence-corrected chi connectivity index (χ1v) is 11.2. The van der Waals surface area contributed by atoms with Crippen molar-refractivity contribution in [1.82, 2.24) is 16.0 Å². The molecule has 3 rings (SSSR count). The Bertz CT molecular complexity index is 700. The van der Waals surface area contributed by atoms with Crippen LogP contribution in [0.15, 0.2) is 23.2 Å². The van der Waals surface area contributed by atoms with E-state index in [1.807, 2.05) is 0 Å². The van der Waals surface area contributed by atoms with E-state index < -0.39 is 0 Å². The molecule has 3 N–H and O–H groups in total. The number of guanidine groups is 1. The Labute approximate surface area is 198 Å². The zero-order chi connectivity index (χ0) is 20.5. The van der Waals surface area contributed by atoms with E-state index in [2.05, 4.69) is 48.0 Å². The second-order valence-electron chi connectivity index (χ2n) is 8.20. The van der Waals surface area contributed by atoms with Gasteiger partial charge in [-0.1, -0.05) is 12.1 Å². The van der Waals surface area contributed by atoms with E-state index in [1.54, 1.807) is 0 Å². The molecule has 1 aromatic carbocycles. The van der Waals surface area contributed by atoms with Crippen LogP contribution in [-0.2, 0) is 11.3 Å². The van der Waals surface area contributed by atoms with Gasteiger partial charge >= 0.3 is 0 Å². The van der Waals surface area contributed by atoms with Crippen molar-refractivity contribution in [2.24, 2.45) is 4.99 Å². The van der Waals surface area contributed by atoms with Gasteiger partial charge in [-0.15, -0.1) is 24.0 Å². The van der Waals surface area contributed by atoms with Gasteiger partial charge in [-0.2, -0.15) is 0 Å². The molecule has 7 heteroatoms. The number of amides is 1. The number of nitrogens with zero attached hydrogens (tertiary/aromatic N) is 1. The SMILES string of the molecule is CCNC(=NCc1ccc(C)cc1OC1CCCC1)NCCCC(=O)NC1CC1.I. The molecule has 2 aliphatic carbocycles. The first-order chi connectivity index (χ1) is 14.1. The molecule has 0 bridgehead atoms. The number of benzene rings is 1. The second-order valence-corrected chi connectivity index (χ2v) is 8.20. The van der Waals surface area contributed by atoms with Crippen LogP contribution in [0, 0.1) is 6.92 Å². The highest BCUT2D eigenvalue weighted by Crippen LogP contribution is 2.28. The van der Waals surface area contributed by atoms with Crippen molar-refractivity contribution in [3.63, 3.8) is 0 Å². The number of carbonyl (C=O) groups excluding carboxylic acids is 1. The standard InChI is InChI=1S/C23H36N4O2.HI/c1-3-24-23(25-14-6-9-22(28)27-19-12-13-19)26-16-18-11-10-17(2)15-21(18)29-20-7-4-5-8-20;/h10-11,15,19-20H,3-9,12-14,16H2,1-2H3,(H,27,28)(H2,24,25,26);1H. The van der Waals surface area contributed by atoms with Gasteiger partial charge in [0.15, 0.2) is 5.96 Å². The highest BCUT2D eigenvalue weighted by molar-refractivity contribution is 14.0. The highest BCUT2D eigenvalue weighted by atomic mass is 127. The molecule has 168 valence electrons. The molecule has 0 radical (unpaired) electrons. The molecular formula is C23H37IN4O2. The summed E-state index contributed by atoms with van der Waals surface area (Å²) in [6, 6.07) is 6.80. The number of hydrogen-bond donors (Lipinski definition) is 3. The van der Waals surface area contributed by atoms with Crippen molar-refractivity contribution in [2.45, 2.75) is 83.9 Å². The number of halogens is 1. The average molecular weight is 528 g/mol. The van der Waals surface area contributed by atoms with Crippen LogP contribution >= 0.6 is 24.0 Å².